The van der Waals surface area contributed by atoms with Crippen LogP contribution in [0.4, 0.5) is 5.69 Å². The van der Waals surface area contributed by atoms with E-state index < -0.39 is 10.0 Å². The van der Waals surface area contributed by atoms with Crippen LogP contribution in [-0.4, -0.2) is 8.42 Å². The number of benzene rings is 2. The molecule has 3 nitrogen and oxygen atoms in total. The van der Waals surface area contributed by atoms with E-state index in [2.05, 4.69) is 34.5 Å². The third-order valence-corrected chi connectivity index (χ3v) is 6.17. The summed E-state index contributed by atoms with van der Waals surface area (Å²) in [6.45, 7) is 4.22. The Labute approximate surface area is 144 Å². The van der Waals surface area contributed by atoms with Crippen molar-refractivity contribution in [3.8, 4) is 0 Å². The first-order valence-corrected chi connectivity index (χ1v) is 9.56. The Morgan fingerprint density at radius 3 is 2.36 bits per heavy atom. The zero-order valence-electron chi connectivity index (χ0n) is 12.3. The Balaban J connectivity index is 2.24. The first-order valence-electron chi connectivity index (χ1n) is 6.91. The molecule has 0 radical (unpaired) electrons. The minimum atomic E-state index is -3.62. The fourth-order valence-corrected chi connectivity index (χ4v) is 3.46. The van der Waals surface area contributed by atoms with Crippen molar-refractivity contribution in [3.05, 3.63) is 57.5 Å². The summed E-state index contributed by atoms with van der Waals surface area (Å²) in [6, 6.07) is 11.9. The quantitative estimate of drug-likeness (QED) is 0.726. The van der Waals surface area contributed by atoms with Crippen molar-refractivity contribution in [1.29, 1.82) is 0 Å². The zero-order valence-corrected chi connectivity index (χ0v) is 15.5. The van der Waals surface area contributed by atoms with Crippen LogP contribution in [0.5, 0.6) is 0 Å². The summed E-state index contributed by atoms with van der Waals surface area (Å²) in [5.41, 5.74) is 1.56. The van der Waals surface area contributed by atoms with Gasteiger partial charge in [0.05, 0.1) is 15.6 Å². The van der Waals surface area contributed by atoms with E-state index in [1.165, 1.54) is 0 Å². The van der Waals surface area contributed by atoms with Gasteiger partial charge >= 0.3 is 0 Å². The minimum Gasteiger partial charge on any atom is -0.280 e. The molecular weight excluding hydrogens is 386 g/mol. The van der Waals surface area contributed by atoms with Gasteiger partial charge in [0, 0.05) is 4.47 Å². The van der Waals surface area contributed by atoms with Gasteiger partial charge in [-0.15, -0.1) is 0 Å². The third-order valence-electron chi connectivity index (χ3n) is 3.54. The molecule has 6 heteroatoms. The highest BCUT2D eigenvalue weighted by atomic mass is 79.9. The van der Waals surface area contributed by atoms with Crippen LogP contribution in [0, 0.1) is 0 Å². The number of halogens is 2. The van der Waals surface area contributed by atoms with Gasteiger partial charge in [-0.25, -0.2) is 8.42 Å². The number of anilines is 1. The standard InChI is InChI=1S/C16H17BrClNO2S/c1-3-11(2)12-4-7-14(8-5-12)22(20,21)19-13-6-9-15(17)16(18)10-13/h4-11,19H,3H2,1-2H3. The molecule has 0 saturated heterocycles. The van der Waals surface area contributed by atoms with Gasteiger partial charge in [0.2, 0.25) is 0 Å². The van der Waals surface area contributed by atoms with Gasteiger partial charge in [-0.3, -0.25) is 4.72 Å². The third kappa shape index (κ3) is 4.03. The average Bonchev–Trinajstić information content (AvgIpc) is 2.50. The topological polar surface area (TPSA) is 46.2 Å². The maximum atomic E-state index is 12.4. The summed E-state index contributed by atoms with van der Waals surface area (Å²) in [5.74, 6) is 0.412. The number of hydrogen-bond acceptors (Lipinski definition) is 2. The van der Waals surface area contributed by atoms with Gasteiger partial charge in [0.25, 0.3) is 10.0 Å². The fourth-order valence-electron chi connectivity index (χ4n) is 1.98. The first-order chi connectivity index (χ1) is 10.3. The van der Waals surface area contributed by atoms with Gasteiger partial charge in [-0.2, -0.15) is 0 Å². The second-order valence-electron chi connectivity index (χ2n) is 5.11. The molecule has 1 unspecified atom stereocenters. The van der Waals surface area contributed by atoms with Crippen LogP contribution in [0.3, 0.4) is 0 Å². The number of hydrogen-bond donors (Lipinski definition) is 1. The van der Waals surface area contributed by atoms with E-state index in [1.807, 2.05) is 12.1 Å². The van der Waals surface area contributed by atoms with Gasteiger partial charge in [-0.1, -0.05) is 37.6 Å². The van der Waals surface area contributed by atoms with E-state index in [0.717, 1.165) is 16.5 Å². The molecule has 0 fully saturated rings. The average molecular weight is 403 g/mol. The number of rotatable bonds is 5. The normalized spacial score (nSPS) is 12.9. The molecule has 1 atom stereocenters. The summed E-state index contributed by atoms with van der Waals surface area (Å²) in [5, 5.41) is 0.451. The van der Waals surface area contributed by atoms with Crippen LogP contribution >= 0.6 is 27.5 Å². The molecule has 0 bridgehead atoms. The van der Waals surface area contributed by atoms with E-state index in [1.54, 1.807) is 30.3 Å². The Hall–Kier alpha value is -1.04. The van der Waals surface area contributed by atoms with Crippen LogP contribution < -0.4 is 4.72 Å². The molecule has 0 aliphatic carbocycles. The molecule has 22 heavy (non-hydrogen) atoms. The lowest BCUT2D eigenvalue weighted by Crippen LogP contribution is -2.13. The van der Waals surface area contributed by atoms with Crippen molar-refractivity contribution in [2.75, 3.05) is 4.72 Å². The van der Waals surface area contributed by atoms with Crippen molar-refractivity contribution < 1.29 is 8.42 Å². The van der Waals surface area contributed by atoms with Gasteiger partial charge in [0.15, 0.2) is 0 Å². The Bertz CT molecular complexity index is 760. The maximum absolute atomic E-state index is 12.4. The predicted octanol–water partition coefficient (Wildman–Crippen LogP) is 5.42. The smallest absolute Gasteiger partial charge is 0.261 e. The minimum absolute atomic E-state index is 0.235. The van der Waals surface area contributed by atoms with Crippen molar-refractivity contribution in [1.82, 2.24) is 0 Å². The molecular formula is C16H17BrClNO2S. The van der Waals surface area contributed by atoms with Crippen LogP contribution in [0.25, 0.3) is 0 Å². The van der Waals surface area contributed by atoms with Crippen molar-refractivity contribution in [3.63, 3.8) is 0 Å². The first kappa shape index (κ1) is 17.3. The SMILES string of the molecule is CCC(C)c1ccc(S(=O)(=O)Nc2ccc(Br)c(Cl)c2)cc1. The highest BCUT2D eigenvalue weighted by Crippen LogP contribution is 2.27. The lowest BCUT2D eigenvalue weighted by Gasteiger charge is -2.12. The van der Waals surface area contributed by atoms with E-state index in [0.29, 0.717) is 16.6 Å². The summed E-state index contributed by atoms with van der Waals surface area (Å²) in [6.07, 6.45) is 1.02. The van der Waals surface area contributed by atoms with Crippen molar-refractivity contribution >= 4 is 43.2 Å². The molecule has 118 valence electrons. The van der Waals surface area contributed by atoms with E-state index in [9.17, 15) is 8.42 Å². The largest absolute Gasteiger partial charge is 0.280 e. The number of sulfonamides is 1. The molecule has 0 spiro atoms. The monoisotopic (exact) mass is 401 g/mol. The molecule has 0 amide bonds. The van der Waals surface area contributed by atoms with Crippen LogP contribution in [0.2, 0.25) is 5.02 Å². The second-order valence-corrected chi connectivity index (χ2v) is 8.06. The highest BCUT2D eigenvalue weighted by molar-refractivity contribution is 9.10. The summed E-state index contributed by atoms with van der Waals surface area (Å²) < 4.78 is 28.0. The second kappa shape index (κ2) is 7.02. The molecule has 2 aromatic rings. The molecule has 1 N–H and O–H groups in total. The molecule has 0 aliphatic rings. The van der Waals surface area contributed by atoms with Crippen LogP contribution in [0.1, 0.15) is 31.7 Å². The molecule has 2 rings (SSSR count). The summed E-state index contributed by atoms with van der Waals surface area (Å²) in [7, 11) is -3.62. The number of nitrogens with one attached hydrogen (secondary N) is 1. The van der Waals surface area contributed by atoms with Crippen molar-refractivity contribution in [2.24, 2.45) is 0 Å². The summed E-state index contributed by atoms with van der Waals surface area (Å²) >= 11 is 9.25. The molecule has 2 aromatic carbocycles. The van der Waals surface area contributed by atoms with Gasteiger partial charge in [-0.05, 0) is 64.2 Å². The molecule has 0 saturated carbocycles. The summed E-state index contributed by atoms with van der Waals surface area (Å²) in [4.78, 5) is 0.235. The fraction of sp³-hybridized carbons (Fsp3) is 0.250. The van der Waals surface area contributed by atoms with Gasteiger partial charge in [0.1, 0.15) is 0 Å². The Kier molecular flexibility index (Phi) is 5.53. The maximum Gasteiger partial charge on any atom is 0.261 e. The van der Waals surface area contributed by atoms with Crippen LogP contribution in [-0.2, 0) is 10.0 Å². The van der Waals surface area contributed by atoms with E-state index in [4.69, 9.17) is 11.6 Å². The lowest BCUT2D eigenvalue weighted by molar-refractivity contribution is 0.601. The Morgan fingerprint density at radius 1 is 1.18 bits per heavy atom. The predicted molar refractivity (Wildman–Crippen MR) is 95.1 cm³/mol. The van der Waals surface area contributed by atoms with Crippen LogP contribution in [0.15, 0.2) is 51.8 Å². The molecule has 0 heterocycles. The molecule has 0 aromatic heterocycles. The molecule has 0 aliphatic heterocycles. The lowest BCUT2D eigenvalue weighted by atomic mass is 9.99. The van der Waals surface area contributed by atoms with E-state index >= 15 is 0 Å². The van der Waals surface area contributed by atoms with Gasteiger partial charge < -0.3 is 0 Å². The highest BCUT2D eigenvalue weighted by Gasteiger charge is 2.15. The van der Waals surface area contributed by atoms with Crippen molar-refractivity contribution in [2.45, 2.75) is 31.1 Å². The zero-order chi connectivity index (χ0) is 16.3. The van der Waals surface area contributed by atoms with E-state index in [-0.39, 0.29) is 4.90 Å². The Morgan fingerprint density at radius 2 is 1.82 bits per heavy atom.